The van der Waals surface area contributed by atoms with Crippen molar-refractivity contribution in [1.82, 2.24) is 10.2 Å². The first-order chi connectivity index (χ1) is 12.0. The van der Waals surface area contributed by atoms with E-state index >= 15 is 0 Å². The molecule has 0 aromatic heterocycles. The van der Waals surface area contributed by atoms with E-state index in [0.29, 0.717) is 26.0 Å². The molecule has 0 aliphatic carbocycles. The number of rotatable bonds is 8. The van der Waals surface area contributed by atoms with E-state index in [1.807, 2.05) is 30.3 Å². The third-order valence-corrected chi connectivity index (χ3v) is 4.27. The van der Waals surface area contributed by atoms with Crippen molar-refractivity contribution >= 4 is 11.8 Å². The van der Waals surface area contributed by atoms with Gasteiger partial charge < -0.3 is 15.0 Å². The van der Waals surface area contributed by atoms with Crippen LogP contribution in [-0.4, -0.2) is 41.4 Å². The van der Waals surface area contributed by atoms with Crippen LogP contribution in [0.15, 0.2) is 55.6 Å². The minimum Gasteiger partial charge on any atom is -0.372 e. The molecule has 1 aliphatic heterocycles. The zero-order valence-electron chi connectivity index (χ0n) is 14.7. The number of hydrogen-bond donors (Lipinski definition) is 1. The number of benzene rings is 1. The summed E-state index contributed by atoms with van der Waals surface area (Å²) in [7, 11) is 0. The summed E-state index contributed by atoms with van der Waals surface area (Å²) in [5.41, 5.74) is 1.10. The molecule has 1 heterocycles. The molecule has 134 valence electrons. The molecule has 0 bridgehead atoms. The molecular formula is C20H26N2O3. The predicted octanol–water partition coefficient (Wildman–Crippen LogP) is 2.44. The fraction of sp³-hybridized carbons (Fsp3) is 0.400. The summed E-state index contributed by atoms with van der Waals surface area (Å²) < 4.78 is 5.97. The van der Waals surface area contributed by atoms with Crippen molar-refractivity contribution in [1.29, 1.82) is 0 Å². The minimum atomic E-state index is -0.592. The molecule has 1 saturated heterocycles. The van der Waals surface area contributed by atoms with Crippen molar-refractivity contribution < 1.29 is 14.3 Å². The maximum Gasteiger partial charge on any atom is 0.246 e. The van der Waals surface area contributed by atoms with E-state index in [0.717, 1.165) is 5.56 Å². The average molecular weight is 342 g/mol. The molecule has 1 fully saturated rings. The number of hydrogen-bond acceptors (Lipinski definition) is 3. The Morgan fingerprint density at radius 3 is 2.68 bits per heavy atom. The van der Waals surface area contributed by atoms with Gasteiger partial charge in [0.2, 0.25) is 11.8 Å². The Hall–Kier alpha value is -2.40. The maximum absolute atomic E-state index is 12.8. The third-order valence-electron chi connectivity index (χ3n) is 4.27. The standard InChI is InChI=1S/C20H26N2O3/c1-4-9-19(21-15(3)23)20(24)22-13-18(12-17(22)5-2)25-14-16-10-7-6-8-11-16/h4-8,10-11,17-19H,1-2,9,12-14H2,3H3,(H,21,23)/t17-,18-,19+/m1/s1. The first-order valence-electron chi connectivity index (χ1n) is 8.51. The van der Waals surface area contributed by atoms with Crippen LogP contribution in [0.1, 0.15) is 25.3 Å². The van der Waals surface area contributed by atoms with Crippen molar-refractivity contribution in [3.63, 3.8) is 0 Å². The van der Waals surface area contributed by atoms with Gasteiger partial charge in [-0.05, 0) is 18.4 Å². The van der Waals surface area contributed by atoms with E-state index in [9.17, 15) is 9.59 Å². The number of nitrogens with zero attached hydrogens (tertiary/aromatic N) is 1. The molecule has 2 amide bonds. The molecule has 1 aliphatic rings. The van der Waals surface area contributed by atoms with Gasteiger partial charge in [-0.2, -0.15) is 0 Å². The van der Waals surface area contributed by atoms with Crippen LogP contribution in [-0.2, 0) is 20.9 Å². The van der Waals surface area contributed by atoms with Gasteiger partial charge in [0.05, 0.1) is 18.8 Å². The van der Waals surface area contributed by atoms with Crippen molar-refractivity contribution in [2.24, 2.45) is 0 Å². The molecule has 2 rings (SSSR count). The normalized spacial score (nSPS) is 20.8. The van der Waals surface area contributed by atoms with Gasteiger partial charge in [0.15, 0.2) is 0 Å². The lowest BCUT2D eigenvalue weighted by molar-refractivity contribution is -0.136. The van der Waals surface area contributed by atoms with Crippen molar-refractivity contribution in [3.8, 4) is 0 Å². The van der Waals surface area contributed by atoms with E-state index in [2.05, 4.69) is 18.5 Å². The highest BCUT2D eigenvalue weighted by Crippen LogP contribution is 2.23. The second kappa shape index (κ2) is 9.18. The van der Waals surface area contributed by atoms with E-state index in [4.69, 9.17) is 4.74 Å². The Bertz CT molecular complexity index is 615. The lowest BCUT2D eigenvalue weighted by atomic mass is 10.1. The van der Waals surface area contributed by atoms with E-state index < -0.39 is 6.04 Å². The zero-order valence-corrected chi connectivity index (χ0v) is 14.7. The number of carbonyl (C=O) groups is 2. The van der Waals surface area contributed by atoms with Crippen LogP contribution in [0.25, 0.3) is 0 Å². The van der Waals surface area contributed by atoms with Crippen LogP contribution in [0.2, 0.25) is 0 Å². The molecule has 0 unspecified atom stereocenters. The third kappa shape index (κ3) is 5.29. The van der Waals surface area contributed by atoms with E-state index in [1.165, 1.54) is 6.92 Å². The number of carbonyl (C=O) groups excluding carboxylic acids is 2. The van der Waals surface area contributed by atoms with Gasteiger partial charge >= 0.3 is 0 Å². The van der Waals surface area contributed by atoms with Crippen LogP contribution in [0, 0.1) is 0 Å². The highest BCUT2D eigenvalue weighted by atomic mass is 16.5. The topological polar surface area (TPSA) is 58.6 Å². The van der Waals surface area contributed by atoms with E-state index in [1.54, 1.807) is 17.1 Å². The predicted molar refractivity (Wildman–Crippen MR) is 97.8 cm³/mol. The Kier molecular flexibility index (Phi) is 6.95. The van der Waals surface area contributed by atoms with Crippen LogP contribution in [0.5, 0.6) is 0 Å². The van der Waals surface area contributed by atoms with Gasteiger partial charge in [-0.25, -0.2) is 0 Å². The van der Waals surface area contributed by atoms with Gasteiger partial charge in [0.1, 0.15) is 6.04 Å². The molecule has 5 nitrogen and oxygen atoms in total. The zero-order chi connectivity index (χ0) is 18.2. The number of amides is 2. The summed E-state index contributed by atoms with van der Waals surface area (Å²) in [6.07, 6.45) is 4.47. The van der Waals surface area contributed by atoms with Crippen LogP contribution in [0.4, 0.5) is 0 Å². The molecule has 0 spiro atoms. The van der Waals surface area contributed by atoms with Crippen LogP contribution >= 0.6 is 0 Å². The Morgan fingerprint density at radius 1 is 1.36 bits per heavy atom. The summed E-state index contributed by atoms with van der Waals surface area (Å²) in [6, 6.07) is 9.26. The molecule has 3 atom stereocenters. The molecule has 0 radical (unpaired) electrons. The second-order valence-corrected chi connectivity index (χ2v) is 6.23. The fourth-order valence-electron chi connectivity index (χ4n) is 3.05. The summed E-state index contributed by atoms with van der Waals surface area (Å²) in [6.45, 7) is 9.92. The van der Waals surface area contributed by atoms with Crippen molar-refractivity contribution in [2.45, 2.75) is 44.6 Å². The quantitative estimate of drug-likeness (QED) is 0.738. The highest BCUT2D eigenvalue weighted by Gasteiger charge is 2.36. The summed E-state index contributed by atoms with van der Waals surface area (Å²) in [5, 5.41) is 2.70. The van der Waals surface area contributed by atoms with Gasteiger partial charge in [-0.1, -0.05) is 42.5 Å². The summed E-state index contributed by atoms with van der Waals surface area (Å²) >= 11 is 0. The summed E-state index contributed by atoms with van der Waals surface area (Å²) in [5.74, 6) is -0.350. The molecule has 1 N–H and O–H groups in total. The maximum atomic E-state index is 12.8. The smallest absolute Gasteiger partial charge is 0.246 e. The molecule has 5 heteroatoms. The van der Waals surface area contributed by atoms with Gasteiger partial charge in [0.25, 0.3) is 0 Å². The first-order valence-corrected chi connectivity index (χ1v) is 8.51. The van der Waals surface area contributed by atoms with Crippen molar-refractivity contribution in [3.05, 3.63) is 61.2 Å². The average Bonchev–Trinajstić information content (AvgIpc) is 3.03. The van der Waals surface area contributed by atoms with Crippen LogP contribution < -0.4 is 5.32 Å². The minimum absolute atomic E-state index is 0.0473. The SMILES string of the molecule is C=CC[C@H](NC(C)=O)C(=O)N1C[C@H](OCc2ccccc2)C[C@H]1C=C. The number of ether oxygens (including phenoxy) is 1. The summed E-state index contributed by atoms with van der Waals surface area (Å²) in [4.78, 5) is 25.9. The Labute approximate surface area is 149 Å². The molecule has 0 saturated carbocycles. The van der Waals surface area contributed by atoms with Crippen molar-refractivity contribution in [2.75, 3.05) is 6.54 Å². The first kappa shape index (κ1) is 18.9. The highest BCUT2D eigenvalue weighted by molar-refractivity contribution is 5.87. The molecular weight excluding hydrogens is 316 g/mol. The molecule has 25 heavy (non-hydrogen) atoms. The second-order valence-electron chi connectivity index (χ2n) is 6.23. The molecule has 1 aromatic rings. The van der Waals surface area contributed by atoms with Crippen LogP contribution in [0.3, 0.4) is 0 Å². The lowest BCUT2D eigenvalue weighted by Crippen LogP contribution is -2.49. The number of nitrogens with one attached hydrogen (secondary N) is 1. The van der Waals surface area contributed by atoms with Gasteiger partial charge in [-0.3, -0.25) is 9.59 Å². The Balaban J connectivity index is 1.99. The Morgan fingerprint density at radius 2 is 2.08 bits per heavy atom. The van der Waals surface area contributed by atoms with E-state index in [-0.39, 0.29) is 24.0 Å². The van der Waals surface area contributed by atoms with Gasteiger partial charge in [0, 0.05) is 13.5 Å². The van der Waals surface area contributed by atoms with Gasteiger partial charge in [-0.15, -0.1) is 13.2 Å². The fourth-order valence-corrected chi connectivity index (χ4v) is 3.05. The monoisotopic (exact) mass is 342 g/mol. The largest absolute Gasteiger partial charge is 0.372 e. The lowest BCUT2D eigenvalue weighted by Gasteiger charge is -2.27. The number of likely N-dealkylation sites (tertiary alicyclic amines) is 1. The molecule has 1 aromatic carbocycles.